The van der Waals surface area contributed by atoms with Crippen LogP contribution in [0.5, 0.6) is 0 Å². The maximum absolute atomic E-state index is 13.2. The first-order valence-electron chi connectivity index (χ1n) is 10.4. The van der Waals surface area contributed by atoms with Crippen LogP contribution in [0.25, 0.3) is 0 Å². The predicted octanol–water partition coefficient (Wildman–Crippen LogP) is 4.63. The van der Waals surface area contributed by atoms with Crippen molar-refractivity contribution in [2.75, 3.05) is 24.6 Å². The number of aliphatic hydroxyl groups is 1. The Balaban J connectivity index is 1.54. The summed E-state index contributed by atoms with van der Waals surface area (Å²) < 4.78 is 13.2. The molecule has 0 radical (unpaired) electrons. The van der Waals surface area contributed by atoms with Crippen LogP contribution in [0.2, 0.25) is 0 Å². The molecule has 2 unspecified atom stereocenters. The van der Waals surface area contributed by atoms with Crippen molar-refractivity contribution in [2.45, 2.75) is 36.1 Å². The Morgan fingerprint density at radius 2 is 1.70 bits per heavy atom. The van der Waals surface area contributed by atoms with Crippen LogP contribution in [0.4, 0.5) is 11.4 Å². The summed E-state index contributed by atoms with van der Waals surface area (Å²) in [5.41, 5.74) is 5.58. The number of benzene rings is 3. The van der Waals surface area contributed by atoms with Gasteiger partial charge in [-0.05, 0) is 61.7 Å². The first kappa shape index (κ1) is 20.8. The molecule has 1 aliphatic heterocycles. The van der Waals surface area contributed by atoms with E-state index >= 15 is 0 Å². The molecule has 0 aromatic heterocycles. The van der Waals surface area contributed by atoms with E-state index in [-0.39, 0.29) is 12.6 Å². The zero-order valence-electron chi connectivity index (χ0n) is 17.5. The Labute approximate surface area is 181 Å². The van der Waals surface area contributed by atoms with Crippen LogP contribution in [0, 0.1) is 13.8 Å². The lowest BCUT2D eigenvalue weighted by atomic mass is 10.1. The lowest BCUT2D eigenvalue weighted by Crippen LogP contribution is -2.30. The molecule has 4 nitrogen and oxygen atoms in total. The van der Waals surface area contributed by atoms with E-state index in [2.05, 4.69) is 36.2 Å². The van der Waals surface area contributed by atoms with Gasteiger partial charge in [0.05, 0.1) is 44.6 Å². The van der Waals surface area contributed by atoms with E-state index in [0.717, 1.165) is 46.2 Å². The highest BCUT2D eigenvalue weighted by atomic mass is 32.2. The van der Waals surface area contributed by atoms with Crippen LogP contribution in [-0.4, -0.2) is 29.0 Å². The summed E-state index contributed by atoms with van der Waals surface area (Å²) in [5.74, 6) is 0. The molecule has 5 heteroatoms. The molecule has 4 rings (SSSR count). The summed E-state index contributed by atoms with van der Waals surface area (Å²) in [5, 5.41) is 13.2. The van der Waals surface area contributed by atoms with Gasteiger partial charge in [0.15, 0.2) is 0 Å². The molecule has 3 aromatic carbocycles. The molecule has 2 atom stereocenters. The molecule has 2 N–H and O–H groups in total. The van der Waals surface area contributed by atoms with Crippen molar-refractivity contribution in [3.8, 4) is 0 Å². The lowest BCUT2D eigenvalue weighted by Gasteiger charge is -2.34. The number of aryl methyl sites for hydroxylation is 1. The van der Waals surface area contributed by atoms with Gasteiger partial charge in [-0.15, -0.1) is 0 Å². The summed E-state index contributed by atoms with van der Waals surface area (Å²) in [6.45, 7) is 5.87. The third-order valence-corrected chi connectivity index (χ3v) is 7.30. The number of nitrogens with zero attached hydrogens (tertiary/aromatic N) is 1. The van der Waals surface area contributed by atoms with Gasteiger partial charge in [0.1, 0.15) is 0 Å². The third-order valence-electron chi connectivity index (χ3n) is 5.82. The van der Waals surface area contributed by atoms with E-state index < -0.39 is 10.8 Å². The maximum Gasteiger partial charge on any atom is 0.0892 e. The zero-order chi connectivity index (χ0) is 21.1. The highest BCUT2D eigenvalue weighted by molar-refractivity contribution is 7.85. The van der Waals surface area contributed by atoms with Gasteiger partial charge in [0.2, 0.25) is 0 Å². The Kier molecular flexibility index (Phi) is 6.32. The SMILES string of the molecule is Cc1ccc2c(c1C)N(CCCNC(CO)c1ccccc1)c1ccccc1S2=O. The molecule has 30 heavy (non-hydrogen) atoms. The highest BCUT2D eigenvalue weighted by Gasteiger charge is 2.29. The molecule has 1 aliphatic rings. The number of rotatable bonds is 7. The van der Waals surface area contributed by atoms with E-state index in [1.165, 1.54) is 11.1 Å². The molecule has 0 saturated heterocycles. The number of para-hydroxylation sites is 1. The van der Waals surface area contributed by atoms with Gasteiger partial charge in [-0.2, -0.15) is 0 Å². The summed E-state index contributed by atoms with van der Waals surface area (Å²) in [4.78, 5) is 4.08. The Hall–Kier alpha value is -2.47. The van der Waals surface area contributed by atoms with Gasteiger partial charge in [-0.1, -0.05) is 48.5 Å². The second-order valence-electron chi connectivity index (χ2n) is 7.70. The Bertz CT molecular complexity index is 1050. The molecule has 0 saturated carbocycles. The molecule has 1 heterocycles. The van der Waals surface area contributed by atoms with Crippen molar-refractivity contribution in [3.05, 3.63) is 83.4 Å². The monoisotopic (exact) mass is 420 g/mol. The summed E-state index contributed by atoms with van der Waals surface area (Å²) >= 11 is 0. The smallest absolute Gasteiger partial charge is 0.0892 e. The van der Waals surface area contributed by atoms with Gasteiger partial charge in [0, 0.05) is 6.54 Å². The second kappa shape index (κ2) is 9.13. The van der Waals surface area contributed by atoms with Gasteiger partial charge >= 0.3 is 0 Å². The quantitative estimate of drug-likeness (QED) is 0.547. The van der Waals surface area contributed by atoms with Crippen molar-refractivity contribution in [3.63, 3.8) is 0 Å². The normalized spacial score (nSPS) is 16.1. The van der Waals surface area contributed by atoms with E-state index in [1.807, 2.05) is 54.6 Å². The van der Waals surface area contributed by atoms with Crippen molar-refractivity contribution >= 4 is 22.2 Å². The minimum atomic E-state index is -1.16. The van der Waals surface area contributed by atoms with E-state index in [9.17, 15) is 9.32 Å². The van der Waals surface area contributed by atoms with Gasteiger partial charge < -0.3 is 15.3 Å². The van der Waals surface area contributed by atoms with E-state index in [0.29, 0.717) is 0 Å². The maximum atomic E-state index is 13.2. The fraction of sp³-hybridized carbons (Fsp3) is 0.280. The number of nitrogens with one attached hydrogen (secondary N) is 1. The fourth-order valence-electron chi connectivity index (χ4n) is 4.06. The lowest BCUT2D eigenvalue weighted by molar-refractivity contribution is 0.244. The summed E-state index contributed by atoms with van der Waals surface area (Å²) in [6.07, 6.45) is 0.900. The molecule has 0 spiro atoms. The number of anilines is 2. The summed E-state index contributed by atoms with van der Waals surface area (Å²) in [7, 11) is -1.16. The molecule has 0 aliphatic carbocycles. The van der Waals surface area contributed by atoms with Crippen molar-refractivity contribution in [2.24, 2.45) is 0 Å². The minimum Gasteiger partial charge on any atom is -0.394 e. The molecular weight excluding hydrogens is 392 g/mol. The first-order valence-corrected chi connectivity index (χ1v) is 11.5. The van der Waals surface area contributed by atoms with Crippen LogP contribution in [0.1, 0.15) is 29.2 Å². The van der Waals surface area contributed by atoms with Gasteiger partial charge in [0.25, 0.3) is 0 Å². The molecule has 156 valence electrons. The van der Waals surface area contributed by atoms with Crippen molar-refractivity contribution in [1.29, 1.82) is 0 Å². The Morgan fingerprint density at radius 3 is 2.47 bits per heavy atom. The van der Waals surface area contributed by atoms with Gasteiger partial charge in [-0.3, -0.25) is 0 Å². The minimum absolute atomic E-state index is 0.0661. The van der Waals surface area contributed by atoms with Crippen LogP contribution >= 0.6 is 0 Å². The largest absolute Gasteiger partial charge is 0.394 e. The van der Waals surface area contributed by atoms with Crippen LogP contribution in [-0.2, 0) is 10.8 Å². The van der Waals surface area contributed by atoms with Crippen molar-refractivity contribution in [1.82, 2.24) is 5.32 Å². The zero-order valence-corrected chi connectivity index (χ0v) is 18.3. The third kappa shape index (κ3) is 3.93. The first-order chi connectivity index (χ1) is 14.6. The molecule has 0 amide bonds. The number of hydrogen-bond donors (Lipinski definition) is 2. The highest BCUT2D eigenvalue weighted by Crippen LogP contribution is 2.44. The fourth-order valence-corrected chi connectivity index (χ4v) is 5.49. The second-order valence-corrected chi connectivity index (χ2v) is 9.11. The van der Waals surface area contributed by atoms with Crippen LogP contribution < -0.4 is 10.2 Å². The van der Waals surface area contributed by atoms with E-state index in [4.69, 9.17) is 0 Å². The average Bonchev–Trinajstić information content (AvgIpc) is 2.78. The molecule has 0 bridgehead atoms. The van der Waals surface area contributed by atoms with Gasteiger partial charge in [-0.25, -0.2) is 4.21 Å². The molecule has 3 aromatic rings. The van der Waals surface area contributed by atoms with Crippen molar-refractivity contribution < 1.29 is 9.32 Å². The van der Waals surface area contributed by atoms with Crippen LogP contribution in [0.15, 0.2) is 76.5 Å². The topological polar surface area (TPSA) is 52.6 Å². The Morgan fingerprint density at radius 1 is 0.967 bits per heavy atom. The number of hydrogen-bond acceptors (Lipinski definition) is 4. The standard InChI is InChI=1S/C25H28N2O2S/c1-18-13-14-24-25(19(18)2)27(22-11-6-7-12-23(22)30(24)29)16-8-15-26-21(17-28)20-9-4-3-5-10-20/h3-7,9-14,21,26,28H,8,15-17H2,1-2H3. The summed E-state index contributed by atoms with van der Waals surface area (Å²) in [6, 6.07) is 22.0. The number of fused-ring (bicyclic) bond motifs is 2. The number of aliphatic hydroxyl groups excluding tert-OH is 1. The molecule has 0 fully saturated rings. The molecular formula is C25H28N2O2S. The average molecular weight is 421 g/mol. The predicted molar refractivity (Wildman–Crippen MR) is 123 cm³/mol. The van der Waals surface area contributed by atoms with E-state index in [1.54, 1.807) is 0 Å². The van der Waals surface area contributed by atoms with Crippen LogP contribution in [0.3, 0.4) is 0 Å².